The Balaban J connectivity index is 2.33. The smallest absolute Gasteiger partial charge is 0.0147 e. The minimum atomic E-state index is 1.17. The van der Waals surface area contributed by atoms with E-state index in [4.69, 9.17) is 0 Å². The van der Waals surface area contributed by atoms with Crippen LogP contribution in [-0.2, 0) is 0 Å². The summed E-state index contributed by atoms with van der Waals surface area (Å²) in [6, 6.07) is 0. The first-order valence-corrected chi connectivity index (χ1v) is 3.36. The molecule has 1 rings (SSSR count). The van der Waals surface area contributed by atoms with Gasteiger partial charge < -0.3 is 5.32 Å². The third kappa shape index (κ3) is 1.25. The molecule has 0 spiro atoms. The van der Waals surface area contributed by atoms with Crippen molar-refractivity contribution in [3.05, 3.63) is 11.8 Å². The lowest BCUT2D eigenvalue weighted by Crippen LogP contribution is -2.02. The first-order chi connectivity index (χ1) is 3.93. The van der Waals surface area contributed by atoms with Crippen LogP contribution in [0.5, 0.6) is 0 Å². The van der Waals surface area contributed by atoms with E-state index in [1.165, 1.54) is 31.5 Å². The van der Waals surface area contributed by atoms with E-state index in [0.717, 1.165) is 0 Å². The molecule has 0 aromatic rings. The van der Waals surface area contributed by atoms with Crippen LogP contribution in [0, 0.1) is 0 Å². The molecule has 46 valence electrons. The van der Waals surface area contributed by atoms with Crippen LogP contribution in [0.4, 0.5) is 0 Å². The van der Waals surface area contributed by atoms with Gasteiger partial charge in [0, 0.05) is 12.2 Å². The molecule has 0 bridgehead atoms. The second-order valence-corrected chi connectivity index (χ2v) is 2.17. The Bertz CT molecular complexity index is 86.6. The largest absolute Gasteiger partial charge is 0.389 e. The highest BCUT2D eigenvalue weighted by atomic mass is 14.9. The van der Waals surface area contributed by atoms with Crippen LogP contribution in [0.3, 0.4) is 0 Å². The summed E-state index contributed by atoms with van der Waals surface area (Å²) in [4.78, 5) is 0. The number of hydrogen-bond donors (Lipinski definition) is 1. The molecule has 1 N–H and O–H groups in total. The quantitative estimate of drug-likeness (QED) is 0.542. The summed E-state index contributed by atoms with van der Waals surface area (Å²) >= 11 is 0. The topological polar surface area (TPSA) is 12.0 Å². The van der Waals surface area contributed by atoms with Crippen molar-refractivity contribution >= 4 is 0 Å². The summed E-state index contributed by atoms with van der Waals surface area (Å²) in [5, 5.41) is 3.32. The van der Waals surface area contributed by atoms with Crippen molar-refractivity contribution in [2.24, 2.45) is 0 Å². The molecule has 1 nitrogen and oxygen atoms in total. The van der Waals surface area contributed by atoms with Crippen molar-refractivity contribution in [1.29, 1.82) is 0 Å². The monoisotopic (exact) mass is 111 g/mol. The van der Waals surface area contributed by atoms with Crippen LogP contribution in [0.25, 0.3) is 0 Å². The zero-order valence-electron chi connectivity index (χ0n) is 5.41. The van der Waals surface area contributed by atoms with E-state index in [9.17, 15) is 0 Å². The highest BCUT2D eigenvalue weighted by molar-refractivity contribution is 5.02. The summed E-state index contributed by atoms with van der Waals surface area (Å²) < 4.78 is 0. The predicted molar refractivity (Wildman–Crippen MR) is 35.6 cm³/mol. The maximum Gasteiger partial charge on any atom is 0.0147 e. The molecule has 0 atom stereocenters. The van der Waals surface area contributed by atoms with Crippen molar-refractivity contribution in [3.8, 4) is 0 Å². The predicted octanol–water partition coefficient (Wildman–Crippen LogP) is 1.66. The molecule has 0 saturated carbocycles. The van der Waals surface area contributed by atoms with Crippen molar-refractivity contribution in [2.45, 2.75) is 26.2 Å². The molecule has 0 amide bonds. The first-order valence-electron chi connectivity index (χ1n) is 3.36. The highest BCUT2D eigenvalue weighted by Gasteiger charge is 2.01. The van der Waals surface area contributed by atoms with Gasteiger partial charge in [0.25, 0.3) is 0 Å². The molecule has 1 aliphatic rings. The molecule has 0 aromatic carbocycles. The summed E-state index contributed by atoms with van der Waals surface area (Å²) in [5.41, 5.74) is 1.45. The summed E-state index contributed by atoms with van der Waals surface area (Å²) in [6.07, 6.45) is 6.04. The standard InChI is InChI=1S/C7H13N/c1-2-4-7-5-3-6-8-7/h4,8H,2-3,5-6H2,1H3. The fraction of sp³-hybridized carbons (Fsp3) is 0.714. The maximum atomic E-state index is 3.32. The van der Waals surface area contributed by atoms with Crippen LogP contribution in [0.15, 0.2) is 11.8 Å². The van der Waals surface area contributed by atoms with Crippen LogP contribution >= 0.6 is 0 Å². The summed E-state index contributed by atoms with van der Waals surface area (Å²) in [6.45, 7) is 3.36. The van der Waals surface area contributed by atoms with Gasteiger partial charge in [-0.15, -0.1) is 0 Å². The van der Waals surface area contributed by atoms with Gasteiger partial charge in [-0.25, -0.2) is 0 Å². The van der Waals surface area contributed by atoms with E-state index in [0.29, 0.717) is 0 Å². The average molecular weight is 111 g/mol. The Morgan fingerprint density at radius 2 is 2.62 bits per heavy atom. The fourth-order valence-electron chi connectivity index (χ4n) is 1.04. The maximum absolute atomic E-state index is 3.32. The minimum Gasteiger partial charge on any atom is -0.389 e. The highest BCUT2D eigenvalue weighted by Crippen LogP contribution is 2.08. The van der Waals surface area contributed by atoms with E-state index in [1.54, 1.807) is 0 Å². The van der Waals surface area contributed by atoms with Gasteiger partial charge in [0.15, 0.2) is 0 Å². The van der Waals surface area contributed by atoms with Crippen LogP contribution in [0.2, 0.25) is 0 Å². The van der Waals surface area contributed by atoms with Crippen LogP contribution in [-0.4, -0.2) is 6.54 Å². The van der Waals surface area contributed by atoms with Gasteiger partial charge in [0.1, 0.15) is 0 Å². The molecule has 1 aliphatic heterocycles. The van der Waals surface area contributed by atoms with E-state index < -0.39 is 0 Å². The Hall–Kier alpha value is -0.460. The van der Waals surface area contributed by atoms with E-state index in [2.05, 4.69) is 18.3 Å². The van der Waals surface area contributed by atoms with Gasteiger partial charge in [-0.3, -0.25) is 0 Å². The first kappa shape index (κ1) is 5.67. The molecule has 0 aromatic heterocycles. The lowest BCUT2D eigenvalue weighted by Gasteiger charge is -1.93. The number of nitrogens with one attached hydrogen (secondary N) is 1. The van der Waals surface area contributed by atoms with Crippen LogP contribution in [0.1, 0.15) is 26.2 Å². The van der Waals surface area contributed by atoms with Crippen molar-refractivity contribution in [1.82, 2.24) is 5.32 Å². The van der Waals surface area contributed by atoms with Gasteiger partial charge in [-0.05, 0) is 19.3 Å². The normalized spacial score (nSPS) is 23.9. The summed E-state index contributed by atoms with van der Waals surface area (Å²) in [5.74, 6) is 0. The third-order valence-electron chi connectivity index (χ3n) is 1.43. The molecule has 1 heteroatoms. The molecular formula is C7H13N. The Kier molecular flexibility index (Phi) is 1.95. The van der Waals surface area contributed by atoms with Gasteiger partial charge in [-0.2, -0.15) is 0 Å². The number of rotatable bonds is 1. The van der Waals surface area contributed by atoms with Gasteiger partial charge in [0.2, 0.25) is 0 Å². The van der Waals surface area contributed by atoms with E-state index in [-0.39, 0.29) is 0 Å². The lowest BCUT2D eigenvalue weighted by atomic mass is 10.3. The van der Waals surface area contributed by atoms with Crippen molar-refractivity contribution in [2.75, 3.05) is 6.54 Å². The second-order valence-electron chi connectivity index (χ2n) is 2.17. The van der Waals surface area contributed by atoms with Crippen molar-refractivity contribution < 1.29 is 0 Å². The van der Waals surface area contributed by atoms with Crippen LogP contribution < -0.4 is 5.32 Å². The molecule has 8 heavy (non-hydrogen) atoms. The van der Waals surface area contributed by atoms with Gasteiger partial charge in [0.05, 0.1) is 0 Å². The van der Waals surface area contributed by atoms with Gasteiger partial charge in [-0.1, -0.05) is 13.0 Å². The van der Waals surface area contributed by atoms with E-state index in [1.807, 2.05) is 0 Å². The zero-order valence-corrected chi connectivity index (χ0v) is 5.41. The minimum absolute atomic E-state index is 1.17. The molecule has 0 radical (unpaired) electrons. The molecular weight excluding hydrogens is 98.1 g/mol. The van der Waals surface area contributed by atoms with Crippen molar-refractivity contribution in [3.63, 3.8) is 0 Å². The summed E-state index contributed by atoms with van der Waals surface area (Å²) in [7, 11) is 0. The SMILES string of the molecule is CCC=C1CCCN1. The molecule has 0 unspecified atom stereocenters. The second kappa shape index (κ2) is 2.75. The lowest BCUT2D eigenvalue weighted by molar-refractivity contribution is 0.901. The zero-order chi connectivity index (χ0) is 5.82. The fourth-order valence-corrected chi connectivity index (χ4v) is 1.04. The molecule has 1 heterocycles. The Labute approximate surface area is 50.8 Å². The molecule has 1 saturated heterocycles. The molecule has 1 fully saturated rings. The van der Waals surface area contributed by atoms with Gasteiger partial charge >= 0.3 is 0 Å². The average Bonchev–Trinajstić information content (AvgIpc) is 2.19. The number of allylic oxidation sites excluding steroid dienone is 2. The Morgan fingerprint density at radius 1 is 1.75 bits per heavy atom. The Morgan fingerprint density at radius 3 is 3.12 bits per heavy atom. The molecule has 0 aliphatic carbocycles. The van der Waals surface area contributed by atoms with E-state index >= 15 is 0 Å². The number of hydrogen-bond acceptors (Lipinski definition) is 1. The third-order valence-corrected chi connectivity index (χ3v) is 1.43.